The number of rotatable bonds is 2. The Bertz CT molecular complexity index is 392. The highest BCUT2D eigenvalue weighted by Crippen LogP contribution is 2.33. The SMILES string of the molecule is O=C(CBr)c1ncc(Br)cc1C(F)(F)F. The highest BCUT2D eigenvalue weighted by Gasteiger charge is 2.36. The van der Waals surface area contributed by atoms with Gasteiger partial charge in [0.1, 0.15) is 5.69 Å². The minimum atomic E-state index is -4.58. The molecule has 7 heteroatoms. The van der Waals surface area contributed by atoms with Crippen LogP contribution in [0.25, 0.3) is 0 Å². The normalized spacial score (nSPS) is 11.5. The largest absolute Gasteiger partial charge is 0.418 e. The molecule has 0 N–H and O–H groups in total. The molecule has 0 aliphatic rings. The predicted molar refractivity (Wildman–Crippen MR) is 55.1 cm³/mol. The van der Waals surface area contributed by atoms with Crippen molar-refractivity contribution in [1.29, 1.82) is 0 Å². The first-order chi connectivity index (χ1) is 6.86. The molecule has 0 aromatic carbocycles. The third kappa shape index (κ3) is 3.01. The van der Waals surface area contributed by atoms with Crippen LogP contribution in [-0.4, -0.2) is 16.1 Å². The second kappa shape index (κ2) is 4.61. The number of hydrogen-bond acceptors (Lipinski definition) is 2. The Morgan fingerprint density at radius 3 is 2.53 bits per heavy atom. The quantitative estimate of drug-likeness (QED) is 0.606. The molecule has 2 nitrogen and oxygen atoms in total. The van der Waals surface area contributed by atoms with Crippen molar-refractivity contribution in [3.63, 3.8) is 0 Å². The first kappa shape index (κ1) is 12.6. The summed E-state index contributed by atoms with van der Waals surface area (Å²) in [6.45, 7) is 0. The summed E-state index contributed by atoms with van der Waals surface area (Å²) in [5.41, 5.74) is -1.59. The number of aromatic nitrogens is 1. The van der Waals surface area contributed by atoms with Gasteiger partial charge < -0.3 is 0 Å². The van der Waals surface area contributed by atoms with Crippen LogP contribution in [-0.2, 0) is 6.18 Å². The first-order valence-corrected chi connectivity index (χ1v) is 5.59. The van der Waals surface area contributed by atoms with E-state index in [1.165, 1.54) is 0 Å². The van der Waals surface area contributed by atoms with Crippen LogP contribution >= 0.6 is 31.9 Å². The van der Waals surface area contributed by atoms with Gasteiger partial charge in [0.15, 0.2) is 5.78 Å². The molecular formula is C8H4Br2F3NO. The average molecular weight is 347 g/mol. The summed E-state index contributed by atoms with van der Waals surface area (Å²) in [6.07, 6.45) is -3.42. The van der Waals surface area contributed by atoms with Crippen LogP contribution in [0.4, 0.5) is 13.2 Å². The van der Waals surface area contributed by atoms with Crippen molar-refractivity contribution < 1.29 is 18.0 Å². The van der Waals surface area contributed by atoms with E-state index < -0.39 is 23.2 Å². The number of carbonyl (C=O) groups is 1. The van der Waals surface area contributed by atoms with Crippen molar-refractivity contribution in [3.8, 4) is 0 Å². The lowest BCUT2D eigenvalue weighted by Crippen LogP contribution is -2.15. The van der Waals surface area contributed by atoms with Crippen molar-refractivity contribution in [1.82, 2.24) is 4.98 Å². The molecule has 0 amide bonds. The zero-order valence-corrected chi connectivity index (χ0v) is 10.3. The summed E-state index contributed by atoms with van der Waals surface area (Å²) >= 11 is 5.68. The number of carbonyl (C=O) groups excluding carboxylic acids is 1. The maximum atomic E-state index is 12.5. The lowest BCUT2D eigenvalue weighted by molar-refractivity contribution is -0.138. The van der Waals surface area contributed by atoms with Crippen LogP contribution in [0.1, 0.15) is 16.1 Å². The Hall–Kier alpha value is -0.430. The molecule has 0 atom stereocenters. The van der Waals surface area contributed by atoms with E-state index in [1.807, 2.05) is 0 Å². The molecule has 0 saturated heterocycles. The minimum Gasteiger partial charge on any atom is -0.291 e. The fourth-order valence-corrected chi connectivity index (χ4v) is 1.54. The average Bonchev–Trinajstić information content (AvgIpc) is 2.15. The molecule has 0 radical (unpaired) electrons. The van der Waals surface area contributed by atoms with E-state index in [0.29, 0.717) is 0 Å². The van der Waals surface area contributed by atoms with Crippen molar-refractivity contribution in [2.45, 2.75) is 6.18 Å². The second-order valence-electron chi connectivity index (χ2n) is 2.60. The predicted octanol–water partition coefficient (Wildman–Crippen LogP) is 3.44. The standard InChI is InChI=1S/C8H4Br2F3NO/c9-2-6(15)7-5(8(11,12)13)1-4(10)3-14-7/h1,3H,2H2. The van der Waals surface area contributed by atoms with Gasteiger partial charge in [-0.25, -0.2) is 0 Å². The fraction of sp³-hybridized carbons (Fsp3) is 0.250. The summed E-state index contributed by atoms with van der Waals surface area (Å²) in [4.78, 5) is 14.6. The third-order valence-corrected chi connectivity index (χ3v) is 2.49. The van der Waals surface area contributed by atoms with Crippen LogP contribution < -0.4 is 0 Å². The fourth-order valence-electron chi connectivity index (χ4n) is 0.941. The molecule has 1 aromatic heterocycles. The molecule has 15 heavy (non-hydrogen) atoms. The summed E-state index contributed by atoms with van der Waals surface area (Å²) in [6, 6.07) is 0.836. The van der Waals surface area contributed by atoms with Crippen LogP contribution in [0, 0.1) is 0 Å². The minimum absolute atomic E-state index is 0.181. The Labute approximate surface area is 100 Å². The molecule has 0 aliphatic carbocycles. The highest BCUT2D eigenvalue weighted by atomic mass is 79.9. The van der Waals surface area contributed by atoms with Gasteiger partial charge in [0.2, 0.25) is 0 Å². The molecule has 0 fully saturated rings. The molecular weight excluding hydrogens is 343 g/mol. The highest BCUT2D eigenvalue weighted by molar-refractivity contribution is 9.10. The van der Waals surface area contributed by atoms with Crippen LogP contribution in [0.3, 0.4) is 0 Å². The number of Topliss-reactive ketones (excluding diaryl/α,β-unsaturated/α-hetero) is 1. The Morgan fingerprint density at radius 2 is 2.07 bits per heavy atom. The van der Waals surface area contributed by atoms with E-state index >= 15 is 0 Å². The summed E-state index contributed by atoms with van der Waals surface area (Å²) in [5, 5.41) is -0.190. The number of pyridine rings is 1. The second-order valence-corrected chi connectivity index (χ2v) is 4.08. The summed E-state index contributed by atoms with van der Waals surface area (Å²) in [5.74, 6) is -0.699. The number of alkyl halides is 4. The van der Waals surface area contributed by atoms with Gasteiger partial charge in [-0.2, -0.15) is 13.2 Å². The van der Waals surface area contributed by atoms with Gasteiger partial charge in [0.05, 0.1) is 10.9 Å². The maximum Gasteiger partial charge on any atom is 0.418 e. The Morgan fingerprint density at radius 1 is 1.47 bits per heavy atom. The summed E-state index contributed by atoms with van der Waals surface area (Å²) < 4.78 is 37.7. The molecule has 0 saturated carbocycles. The Kier molecular flexibility index (Phi) is 3.88. The van der Waals surface area contributed by atoms with E-state index in [1.54, 1.807) is 0 Å². The smallest absolute Gasteiger partial charge is 0.291 e. The van der Waals surface area contributed by atoms with Gasteiger partial charge in [-0.15, -0.1) is 0 Å². The van der Waals surface area contributed by atoms with Gasteiger partial charge in [0, 0.05) is 10.7 Å². The number of nitrogens with zero attached hydrogens (tertiary/aromatic N) is 1. The van der Waals surface area contributed by atoms with E-state index in [9.17, 15) is 18.0 Å². The molecule has 0 bridgehead atoms. The third-order valence-electron chi connectivity index (χ3n) is 1.55. The zero-order chi connectivity index (χ0) is 11.6. The molecule has 1 heterocycles. The zero-order valence-electron chi connectivity index (χ0n) is 7.11. The molecule has 0 aliphatic heterocycles. The van der Waals surface area contributed by atoms with Gasteiger partial charge >= 0.3 is 6.18 Å². The van der Waals surface area contributed by atoms with Gasteiger partial charge in [-0.3, -0.25) is 9.78 Å². The van der Waals surface area contributed by atoms with Gasteiger partial charge in [0.25, 0.3) is 0 Å². The van der Waals surface area contributed by atoms with E-state index in [4.69, 9.17) is 0 Å². The molecule has 82 valence electrons. The van der Waals surface area contributed by atoms with E-state index in [2.05, 4.69) is 36.8 Å². The van der Waals surface area contributed by atoms with E-state index in [-0.39, 0.29) is 9.80 Å². The number of halogens is 5. The lowest BCUT2D eigenvalue weighted by atomic mass is 10.1. The summed E-state index contributed by atoms with van der Waals surface area (Å²) in [7, 11) is 0. The maximum absolute atomic E-state index is 12.5. The van der Waals surface area contributed by atoms with Gasteiger partial charge in [-0.05, 0) is 22.0 Å². The van der Waals surface area contributed by atoms with Crippen molar-refractivity contribution in [3.05, 3.63) is 28.0 Å². The topological polar surface area (TPSA) is 30.0 Å². The molecule has 1 rings (SSSR count). The van der Waals surface area contributed by atoms with Crippen LogP contribution in [0.2, 0.25) is 0 Å². The number of hydrogen-bond donors (Lipinski definition) is 0. The van der Waals surface area contributed by atoms with Crippen molar-refractivity contribution >= 4 is 37.6 Å². The molecule has 0 unspecified atom stereocenters. The monoisotopic (exact) mass is 345 g/mol. The van der Waals surface area contributed by atoms with Crippen molar-refractivity contribution in [2.75, 3.05) is 5.33 Å². The van der Waals surface area contributed by atoms with Gasteiger partial charge in [-0.1, -0.05) is 15.9 Å². The molecule has 0 spiro atoms. The first-order valence-electron chi connectivity index (χ1n) is 3.68. The van der Waals surface area contributed by atoms with Crippen LogP contribution in [0.15, 0.2) is 16.7 Å². The molecule has 1 aromatic rings. The number of ketones is 1. The Balaban J connectivity index is 3.33. The van der Waals surface area contributed by atoms with E-state index in [0.717, 1.165) is 12.3 Å². The van der Waals surface area contributed by atoms with Crippen molar-refractivity contribution in [2.24, 2.45) is 0 Å². The lowest BCUT2D eigenvalue weighted by Gasteiger charge is -2.10. The van der Waals surface area contributed by atoms with Crippen LogP contribution in [0.5, 0.6) is 0 Å².